The molecule has 0 radical (unpaired) electrons. The van der Waals surface area contributed by atoms with Gasteiger partial charge in [0.05, 0.1) is 42.9 Å². The van der Waals surface area contributed by atoms with Crippen molar-refractivity contribution in [3.8, 4) is 11.5 Å². The highest BCUT2D eigenvalue weighted by atomic mass is 32.2. The van der Waals surface area contributed by atoms with E-state index in [1.807, 2.05) is 0 Å². The summed E-state index contributed by atoms with van der Waals surface area (Å²) in [7, 11) is -4.82. The summed E-state index contributed by atoms with van der Waals surface area (Å²) >= 11 is 0. The molecule has 200 valence electrons. The molecule has 0 spiro atoms. The molecule has 0 bridgehead atoms. The number of nitrogens with zero attached hydrogens (tertiary/aromatic N) is 1. The maximum atomic E-state index is 13.6. The van der Waals surface area contributed by atoms with Crippen molar-refractivity contribution in [3.63, 3.8) is 0 Å². The number of ether oxygens (including phenoxy) is 3. The predicted molar refractivity (Wildman–Crippen MR) is 135 cm³/mol. The maximum absolute atomic E-state index is 13.6. The lowest BCUT2D eigenvalue weighted by Gasteiger charge is -2.22. The second kappa shape index (κ2) is 11.7. The van der Waals surface area contributed by atoms with Crippen LogP contribution in [0.2, 0.25) is 0 Å². The first-order valence-corrected chi connectivity index (χ1v) is 14.6. The van der Waals surface area contributed by atoms with Gasteiger partial charge in [0, 0.05) is 19.7 Å². The fourth-order valence-electron chi connectivity index (χ4n) is 4.02. The fraction of sp³-hybridized carbons (Fsp3) is 0.360. The molecule has 0 amide bonds. The molecule has 4 rings (SSSR count). The summed E-state index contributed by atoms with van der Waals surface area (Å²) in [5, 5.41) is 0. The Balaban J connectivity index is 1.57. The van der Waals surface area contributed by atoms with Crippen molar-refractivity contribution in [1.29, 1.82) is 0 Å². The second-order valence-corrected chi connectivity index (χ2v) is 12.2. The molecule has 0 aliphatic carbocycles. The van der Waals surface area contributed by atoms with Crippen LogP contribution < -0.4 is 14.2 Å². The van der Waals surface area contributed by atoms with E-state index in [0.29, 0.717) is 29.4 Å². The first-order valence-electron chi connectivity index (χ1n) is 11.7. The molecule has 3 aromatic rings. The average molecular weight is 551 g/mol. The largest absolute Gasteiger partial charge is 0.493 e. The summed E-state index contributed by atoms with van der Waals surface area (Å²) in [5.41, 5.74) is 0.672. The van der Waals surface area contributed by atoms with Crippen molar-refractivity contribution < 1.29 is 35.5 Å². The van der Waals surface area contributed by atoms with E-state index < -0.39 is 20.0 Å². The molecule has 37 heavy (non-hydrogen) atoms. The zero-order valence-electron chi connectivity index (χ0n) is 20.6. The van der Waals surface area contributed by atoms with Crippen LogP contribution in [0.4, 0.5) is 0 Å². The van der Waals surface area contributed by atoms with Gasteiger partial charge in [-0.05, 0) is 66.9 Å². The Bertz CT molecular complexity index is 1380. The van der Waals surface area contributed by atoms with Crippen LogP contribution in [-0.4, -0.2) is 54.6 Å². The lowest BCUT2D eigenvalue weighted by Crippen LogP contribution is -2.32. The van der Waals surface area contributed by atoms with E-state index in [1.54, 1.807) is 30.3 Å². The van der Waals surface area contributed by atoms with E-state index in [9.17, 15) is 16.8 Å². The molecule has 1 atom stereocenters. The van der Waals surface area contributed by atoms with Crippen molar-refractivity contribution in [2.75, 3.05) is 27.4 Å². The molecule has 1 aliphatic heterocycles. The summed E-state index contributed by atoms with van der Waals surface area (Å²) in [6, 6.07) is 13.7. The number of methoxy groups -OCH3 is 2. The molecule has 0 unspecified atom stereocenters. The summed E-state index contributed by atoms with van der Waals surface area (Å²) < 4.78 is 77.9. The summed E-state index contributed by atoms with van der Waals surface area (Å²) in [5.74, 6) is 1.46. The third-order valence-corrected chi connectivity index (χ3v) is 9.26. The zero-order valence-corrected chi connectivity index (χ0v) is 22.3. The summed E-state index contributed by atoms with van der Waals surface area (Å²) in [4.78, 5) is -0.0699. The normalized spacial score (nSPS) is 16.2. The minimum atomic E-state index is -4.03. The molecular formula is C25H30N2O8S2. The van der Waals surface area contributed by atoms with Crippen LogP contribution in [0.5, 0.6) is 11.5 Å². The first-order chi connectivity index (χ1) is 17.7. The molecule has 2 aromatic carbocycles. The summed E-state index contributed by atoms with van der Waals surface area (Å²) in [6.07, 6.45) is 3.02. The van der Waals surface area contributed by atoms with Gasteiger partial charge in [0.15, 0.2) is 11.5 Å². The highest BCUT2D eigenvalue weighted by Crippen LogP contribution is 2.30. The van der Waals surface area contributed by atoms with Crippen molar-refractivity contribution in [1.82, 2.24) is 9.03 Å². The highest BCUT2D eigenvalue weighted by molar-refractivity contribution is 7.89. The average Bonchev–Trinajstić information content (AvgIpc) is 3.62. The Morgan fingerprint density at radius 1 is 0.946 bits per heavy atom. The third kappa shape index (κ3) is 6.51. The molecule has 1 saturated heterocycles. The SMILES string of the molecule is COc1ccc(CN(Cc2ccco2)S(=O)(=O)c2ccc(S(=O)(=O)NC[C@H]3CCCO3)cc2)cc1OC. The fourth-order valence-corrected chi connectivity index (χ4v) is 6.48. The predicted octanol–water partition coefficient (Wildman–Crippen LogP) is 3.15. The number of hydrogen-bond acceptors (Lipinski definition) is 8. The minimum absolute atomic E-state index is 0.0202. The topological polar surface area (TPSA) is 124 Å². The Kier molecular flexibility index (Phi) is 8.55. The molecule has 1 fully saturated rings. The van der Waals surface area contributed by atoms with Gasteiger partial charge in [-0.2, -0.15) is 4.31 Å². The van der Waals surface area contributed by atoms with E-state index in [-0.39, 0.29) is 35.5 Å². The Morgan fingerprint density at radius 3 is 2.30 bits per heavy atom. The van der Waals surface area contributed by atoms with Crippen LogP contribution in [-0.2, 0) is 37.9 Å². The Hall–Kier alpha value is -2.90. The van der Waals surface area contributed by atoms with Gasteiger partial charge >= 0.3 is 0 Å². The molecular weight excluding hydrogens is 520 g/mol. The van der Waals surface area contributed by atoms with Gasteiger partial charge < -0.3 is 18.6 Å². The van der Waals surface area contributed by atoms with Gasteiger partial charge in [-0.1, -0.05) is 6.07 Å². The first kappa shape index (κ1) is 27.1. The van der Waals surface area contributed by atoms with Gasteiger partial charge in [-0.3, -0.25) is 0 Å². The van der Waals surface area contributed by atoms with Crippen LogP contribution in [0, 0.1) is 0 Å². The van der Waals surface area contributed by atoms with Crippen LogP contribution in [0.3, 0.4) is 0 Å². The molecule has 2 heterocycles. The number of benzene rings is 2. The van der Waals surface area contributed by atoms with Gasteiger partial charge in [-0.15, -0.1) is 0 Å². The molecule has 1 N–H and O–H groups in total. The maximum Gasteiger partial charge on any atom is 0.243 e. The third-order valence-electron chi connectivity index (χ3n) is 6.02. The lowest BCUT2D eigenvalue weighted by atomic mass is 10.2. The molecule has 10 nitrogen and oxygen atoms in total. The van der Waals surface area contributed by atoms with Crippen molar-refractivity contribution in [2.24, 2.45) is 0 Å². The summed E-state index contributed by atoms with van der Waals surface area (Å²) in [6.45, 7) is 0.792. The molecule has 1 aromatic heterocycles. The zero-order chi connectivity index (χ0) is 26.5. The van der Waals surface area contributed by atoms with Gasteiger partial charge in [0.1, 0.15) is 5.76 Å². The standard InChI is InChI=1S/C25H30N2O8S2/c1-32-24-12-7-19(15-25(24)33-2)17-27(18-21-6-4-14-35-21)37(30,31)23-10-8-22(9-11-23)36(28,29)26-16-20-5-3-13-34-20/h4,6-12,14-15,20,26H,3,5,13,16-18H2,1-2H3/t20-/m1/s1. The van der Waals surface area contributed by atoms with E-state index in [2.05, 4.69) is 4.72 Å². The van der Waals surface area contributed by atoms with E-state index in [4.69, 9.17) is 18.6 Å². The Labute approximate surface area is 217 Å². The van der Waals surface area contributed by atoms with Crippen molar-refractivity contribution in [2.45, 2.75) is 41.8 Å². The van der Waals surface area contributed by atoms with Gasteiger partial charge in [0.25, 0.3) is 0 Å². The lowest BCUT2D eigenvalue weighted by molar-refractivity contribution is 0.114. The van der Waals surface area contributed by atoms with E-state index in [1.165, 1.54) is 49.1 Å². The van der Waals surface area contributed by atoms with Crippen LogP contribution in [0.15, 0.2) is 75.1 Å². The van der Waals surface area contributed by atoms with Crippen LogP contribution in [0.25, 0.3) is 0 Å². The van der Waals surface area contributed by atoms with Crippen molar-refractivity contribution >= 4 is 20.0 Å². The number of furan rings is 1. The second-order valence-electron chi connectivity index (χ2n) is 8.50. The van der Waals surface area contributed by atoms with Crippen LogP contribution >= 0.6 is 0 Å². The minimum Gasteiger partial charge on any atom is -0.493 e. The highest BCUT2D eigenvalue weighted by Gasteiger charge is 2.27. The monoisotopic (exact) mass is 550 g/mol. The van der Waals surface area contributed by atoms with E-state index >= 15 is 0 Å². The van der Waals surface area contributed by atoms with Gasteiger partial charge in [0.2, 0.25) is 20.0 Å². The molecule has 0 saturated carbocycles. The number of hydrogen-bond donors (Lipinski definition) is 1. The van der Waals surface area contributed by atoms with Gasteiger partial charge in [-0.25, -0.2) is 21.6 Å². The number of nitrogens with one attached hydrogen (secondary N) is 1. The smallest absolute Gasteiger partial charge is 0.243 e. The van der Waals surface area contributed by atoms with E-state index in [0.717, 1.165) is 12.8 Å². The molecule has 12 heteroatoms. The van der Waals surface area contributed by atoms with Crippen LogP contribution in [0.1, 0.15) is 24.2 Å². The number of sulfonamides is 2. The molecule has 1 aliphatic rings. The van der Waals surface area contributed by atoms with Crippen molar-refractivity contribution in [3.05, 3.63) is 72.2 Å². The number of rotatable bonds is 12. The Morgan fingerprint density at radius 2 is 1.68 bits per heavy atom. The quantitative estimate of drug-likeness (QED) is 0.365.